The van der Waals surface area contributed by atoms with Gasteiger partial charge in [0, 0.05) is 17.1 Å². The van der Waals surface area contributed by atoms with Gasteiger partial charge in [0.1, 0.15) is 12.4 Å². The van der Waals surface area contributed by atoms with Crippen LogP contribution in [0.4, 0.5) is 0 Å². The number of nitriles is 1. The smallest absolute Gasteiger partial charge is 0.189 e. The second-order valence-corrected chi connectivity index (χ2v) is 7.82. The molecule has 156 valence electrons. The normalized spacial score (nSPS) is 10.8. The summed E-state index contributed by atoms with van der Waals surface area (Å²) in [6.45, 7) is 2.55. The molecule has 0 aliphatic carbocycles. The van der Waals surface area contributed by atoms with Gasteiger partial charge in [0.25, 0.3) is 0 Å². The van der Waals surface area contributed by atoms with Crippen LogP contribution in [0, 0.1) is 11.3 Å². The first-order chi connectivity index (χ1) is 14.7. The van der Waals surface area contributed by atoms with E-state index in [9.17, 15) is 4.79 Å². The van der Waals surface area contributed by atoms with Gasteiger partial charge in [-0.05, 0) is 54.8 Å². The van der Waals surface area contributed by atoms with Crippen molar-refractivity contribution in [3.05, 3.63) is 65.9 Å². The Balaban J connectivity index is 1.43. The monoisotopic (exact) mass is 402 g/mol. The first kappa shape index (κ1) is 21.6. The van der Waals surface area contributed by atoms with Crippen LogP contribution in [0.5, 0.6) is 5.75 Å². The van der Waals surface area contributed by atoms with E-state index in [-0.39, 0.29) is 18.9 Å². The lowest BCUT2D eigenvalue weighted by Gasteiger charge is -2.08. The van der Waals surface area contributed by atoms with Crippen LogP contribution in [0.2, 0.25) is 0 Å². The van der Waals surface area contributed by atoms with Crippen molar-refractivity contribution >= 4 is 16.7 Å². The van der Waals surface area contributed by atoms with Gasteiger partial charge >= 0.3 is 0 Å². The van der Waals surface area contributed by atoms with Crippen molar-refractivity contribution in [3.8, 4) is 11.8 Å². The highest BCUT2D eigenvalue weighted by molar-refractivity contribution is 5.85. The van der Waals surface area contributed by atoms with Crippen LogP contribution in [-0.4, -0.2) is 17.0 Å². The number of fused-ring (bicyclic) bond motifs is 1. The molecule has 0 bridgehead atoms. The maximum atomic E-state index is 12.4. The molecule has 0 aliphatic rings. The number of aromatic nitrogens is 1. The fourth-order valence-corrected chi connectivity index (χ4v) is 3.67. The molecule has 0 amide bonds. The number of carbonyl (C=O) groups is 1. The number of rotatable bonds is 12. The molecule has 0 fully saturated rings. The number of ether oxygens (including phenoxy) is 1. The topological polar surface area (TPSA) is 55.0 Å². The molecule has 0 atom stereocenters. The predicted octanol–water partition coefficient (Wildman–Crippen LogP) is 6.06. The highest BCUT2D eigenvalue weighted by atomic mass is 16.5. The highest BCUT2D eigenvalue weighted by Crippen LogP contribution is 2.18. The molecule has 4 nitrogen and oxygen atoms in total. The Kier molecular flexibility index (Phi) is 8.09. The van der Waals surface area contributed by atoms with Crippen LogP contribution >= 0.6 is 0 Å². The number of ketones is 1. The molecule has 4 heteroatoms. The van der Waals surface area contributed by atoms with Crippen molar-refractivity contribution in [1.29, 1.82) is 5.26 Å². The Bertz CT molecular complexity index is 996. The van der Waals surface area contributed by atoms with Gasteiger partial charge in [-0.1, -0.05) is 51.2 Å². The van der Waals surface area contributed by atoms with Crippen LogP contribution in [0.25, 0.3) is 10.9 Å². The fraction of sp³-hybridized carbons (Fsp3) is 0.385. The molecule has 0 N–H and O–H groups in total. The van der Waals surface area contributed by atoms with E-state index in [0.29, 0.717) is 5.56 Å². The lowest BCUT2D eigenvalue weighted by atomic mass is 10.0. The van der Waals surface area contributed by atoms with Crippen LogP contribution in [0.15, 0.2) is 54.7 Å². The van der Waals surface area contributed by atoms with Gasteiger partial charge < -0.3 is 9.30 Å². The molecule has 0 spiro atoms. The van der Waals surface area contributed by atoms with Gasteiger partial charge in [-0.25, -0.2) is 0 Å². The van der Waals surface area contributed by atoms with E-state index < -0.39 is 0 Å². The van der Waals surface area contributed by atoms with E-state index in [0.717, 1.165) is 23.1 Å². The minimum absolute atomic E-state index is 0.00742. The first-order valence-corrected chi connectivity index (χ1v) is 10.9. The molecule has 1 aromatic heterocycles. The molecule has 1 heterocycles. The van der Waals surface area contributed by atoms with E-state index in [1.807, 2.05) is 41.1 Å². The molecule has 0 saturated heterocycles. The zero-order valence-corrected chi connectivity index (χ0v) is 17.8. The van der Waals surface area contributed by atoms with Gasteiger partial charge in [0.05, 0.1) is 18.2 Å². The van der Waals surface area contributed by atoms with Crippen molar-refractivity contribution < 1.29 is 9.53 Å². The molecular weight excluding hydrogens is 372 g/mol. The standard InChI is InChI=1S/C26H30N2O2/c1-2-3-4-5-6-7-8-21-9-12-25(13-10-21)30-20-24(29)19-28-16-15-23-17-22(18-27)11-14-26(23)28/h9-17H,2-8,19-20H2,1H3. The molecule has 0 radical (unpaired) electrons. The zero-order valence-electron chi connectivity index (χ0n) is 17.8. The van der Waals surface area contributed by atoms with Crippen molar-refractivity contribution in [2.45, 2.75) is 58.4 Å². The summed E-state index contributed by atoms with van der Waals surface area (Å²) in [4.78, 5) is 12.4. The van der Waals surface area contributed by atoms with Gasteiger partial charge in [0.15, 0.2) is 5.78 Å². The van der Waals surface area contributed by atoms with E-state index in [1.165, 1.54) is 44.1 Å². The summed E-state index contributed by atoms with van der Waals surface area (Å²) in [5.74, 6) is 0.735. The van der Waals surface area contributed by atoms with E-state index in [4.69, 9.17) is 10.00 Å². The summed E-state index contributed by atoms with van der Waals surface area (Å²) >= 11 is 0. The summed E-state index contributed by atoms with van der Waals surface area (Å²) in [5.41, 5.74) is 2.89. The SMILES string of the molecule is CCCCCCCCc1ccc(OCC(=O)Cn2ccc3cc(C#N)ccc32)cc1. The highest BCUT2D eigenvalue weighted by Gasteiger charge is 2.08. The predicted molar refractivity (Wildman–Crippen MR) is 121 cm³/mol. The number of unbranched alkanes of at least 4 members (excludes halogenated alkanes) is 5. The largest absolute Gasteiger partial charge is 0.486 e. The molecule has 3 rings (SSSR count). The Labute approximate surface area is 179 Å². The summed E-state index contributed by atoms with van der Waals surface area (Å²) in [5, 5.41) is 9.96. The minimum Gasteiger partial charge on any atom is -0.486 e. The molecule has 0 unspecified atom stereocenters. The number of hydrogen-bond acceptors (Lipinski definition) is 3. The second-order valence-electron chi connectivity index (χ2n) is 7.82. The zero-order chi connectivity index (χ0) is 21.2. The van der Waals surface area contributed by atoms with Crippen LogP contribution in [-0.2, 0) is 17.8 Å². The van der Waals surface area contributed by atoms with Crippen molar-refractivity contribution in [3.63, 3.8) is 0 Å². The Morgan fingerprint density at radius 2 is 1.77 bits per heavy atom. The quantitative estimate of drug-likeness (QED) is 0.346. The average Bonchev–Trinajstić information content (AvgIpc) is 3.17. The molecule has 0 aliphatic heterocycles. The minimum atomic E-state index is 0.00742. The third-order valence-electron chi connectivity index (χ3n) is 5.39. The van der Waals surface area contributed by atoms with Gasteiger partial charge in [-0.2, -0.15) is 5.26 Å². The maximum Gasteiger partial charge on any atom is 0.189 e. The van der Waals surface area contributed by atoms with Gasteiger partial charge in [-0.3, -0.25) is 4.79 Å². The number of hydrogen-bond donors (Lipinski definition) is 0. The molecule has 2 aromatic carbocycles. The van der Waals surface area contributed by atoms with E-state index in [2.05, 4.69) is 25.1 Å². The summed E-state index contributed by atoms with van der Waals surface area (Å²) in [7, 11) is 0. The number of nitrogens with zero attached hydrogens (tertiary/aromatic N) is 2. The summed E-state index contributed by atoms with van der Waals surface area (Å²) < 4.78 is 7.58. The molecule has 3 aromatic rings. The van der Waals surface area contributed by atoms with Crippen LogP contribution in [0.1, 0.15) is 56.6 Å². The maximum absolute atomic E-state index is 12.4. The number of aryl methyl sites for hydroxylation is 1. The van der Waals surface area contributed by atoms with Gasteiger partial charge in [-0.15, -0.1) is 0 Å². The molecule has 30 heavy (non-hydrogen) atoms. The Morgan fingerprint density at radius 3 is 2.53 bits per heavy atom. The van der Waals surface area contributed by atoms with Crippen molar-refractivity contribution in [2.75, 3.05) is 6.61 Å². The lowest BCUT2D eigenvalue weighted by molar-refractivity contribution is -0.121. The Morgan fingerprint density at radius 1 is 1.00 bits per heavy atom. The fourth-order valence-electron chi connectivity index (χ4n) is 3.67. The van der Waals surface area contributed by atoms with E-state index >= 15 is 0 Å². The third-order valence-corrected chi connectivity index (χ3v) is 5.39. The lowest BCUT2D eigenvalue weighted by Crippen LogP contribution is -2.17. The third kappa shape index (κ3) is 6.22. The van der Waals surface area contributed by atoms with E-state index in [1.54, 1.807) is 6.07 Å². The summed E-state index contributed by atoms with van der Waals surface area (Å²) in [6.07, 6.45) is 10.8. The molecular formula is C26H30N2O2. The summed E-state index contributed by atoms with van der Waals surface area (Å²) in [6, 6.07) is 17.6. The van der Waals surface area contributed by atoms with Crippen molar-refractivity contribution in [2.24, 2.45) is 0 Å². The number of Topliss-reactive ketones (excluding diaryl/α,β-unsaturated/α-hetero) is 1. The average molecular weight is 403 g/mol. The molecule has 0 saturated carbocycles. The number of carbonyl (C=O) groups excluding carboxylic acids is 1. The van der Waals surface area contributed by atoms with Crippen molar-refractivity contribution in [1.82, 2.24) is 4.57 Å². The van der Waals surface area contributed by atoms with Crippen LogP contribution < -0.4 is 4.74 Å². The van der Waals surface area contributed by atoms with Crippen LogP contribution in [0.3, 0.4) is 0 Å². The van der Waals surface area contributed by atoms with Gasteiger partial charge in [0.2, 0.25) is 0 Å². The Hall–Kier alpha value is -3.06. The first-order valence-electron chi connectivity index (χ1n) is 10.9. The second kappa shape index (κ2) is 11.2. The number of benzene rings is 2.